The summed E-state index contributed by atoms with van der Waals surface area (Å²) in [5.41, 5.74) is 2.01. The molecule has 30 heavy (non-hydrogen) atoms. The third kappa shape index (κ3) is 6.40. The molecule has 2 heterocycles. The zero-order chi connectivity index (χ0) is 22.1. The summed E-state index contributed by atoms with van der Waals surface area (Å²) in [7, 11) is 1.70. The van der Waals surface area contributed by atoms with E-state index in [1.165, 1.54) is 6.08 Å². The van der Waals surface area contributed by atoms with E-state index in [4.69, 9.17) is 4.74 Å². The van der Waals surface area contributed by atoms with Crippen molar-refractivity contribution in [1.29, 1.82) is 0 Å². The Labute approximate surface area is 179 Å². The van der Waals surface area contributed by atoms with Crippen LogP contribution in [0.3, 0.4) is 0 Å². The van der Waals surface area contributed by atoms with E-state index in [2.05, 4.69) is 27.3 Å². The van der Waals surface area contributed by atoms with Gasteiger partial charge in [0.2, 0.25) is 5.91 Å². The molecule has 2 aromatic heterocycles. The third-order valence-electron chi connectivity index (χ3n) is 5.48. The maximum absolute atomic E-state index is 12.6. The minimum atomic E-state index is -0.553. The monoisotopic (exact) mass is 415 g/mol. The van der Waals surface area contributed by atoms with Gasteiger partial charge < -0.3 is 14.6 Å². The summed E-state index contributed by atoms with van der Waals surface area (Å²) in [5.74, 6) is 0.571. The standard InChI is InChI=1S/C23H34N4O3/c1-6-15-30-23(29)22(17(3)7-2)26(5)21(28)11-9-8-10-13-27-14-12-19-20(16-27)25-18(4)24-19/h6,12,14,16-17,22H,1,7-11,13,15H2,2-5H3/p+1/t17-,22-/m0/s1. The number of H-pyrrole nitrogens is 1. The van der Waals surface area contributed by atoms with Crippen LogP contribution in [-0.2, 0) is 20.9 Å². The molecule has 0 spiro atoms. The first kappa shape index (κ1) is 23.6. The number of nitrogens with zero attached hydrogens (tertiary/aromatic N) is 3. The number of hydrogen-bond acceptors (Lipinski definition) is 4. The summed E-state index contributed by atoms with van der Waals surface area (Å²) in [6.07, 6.45) is 9.59. The summed E-state index contributed by atoms with van der Waals surface area (Å²) in [4.78, 5) is 34.3. The van der Waals surface area contributed by atoms with Crippen LogP contribution < -0.4 is 4.57 Å². The van der Waals surface area contributed by atoms with E-state index in [0.717, 1.165) is 49.1 Å². The lowest BCUT2D eigenvalue weighted by molar-refractivity contribution is -0.696. The predicted molar refractivity (Wildman–Crippen MR) is 117 cm³/mol. The van der Waals surface area contributed by atoms with Crippen molar-refractivity contribution in [3.8, 4) is 0 Å². The normalized spacial score (nSPS) is 13.1. The molecule has 0 bridgehead atoms. The van der Waals surface area contributed by atoms with Crippen LogP contribution in [0, 0.1) is 12.8 Å². The fraction of sp³-hybridized carbons (Fsp3) is 0.565. The van der Waals surface area contributed by atoms with Gasteiger partial charge in [0.1, 0.15) is 36.1 Å². The van der Waals surface area contributed by atoms with Gasteiger partial charge in [0.15, 0.2) is 12.4 Å². The number of aryl methyl sites for hydroxylation is 2. The van der Waals surface area contributed by atoms with Crippen LogP contribution in [0.5, 0.6) is 0 Å². The first-order valence-corrected chi connectivity index (χ1v) is 10.8. The molecule has 2 atom stereocenters. The molecule has 0 aliphatic heterocycles. The van der Waals surface area contributed by atoms with Gasteiger partial charge in [-0.1, -0.05) is 32.9 Å². The van der Waals surface area contributed by atoms with Crippen LogP contribution >= 0.6 is 0 Å². The van der Waals surface area contributed by atoms with Gasteiger partial charge in [0, 0.05) is 26.0 Å². The van der Waals surface area contributed by atoms with Crippen molar-refractivity contribution < 1.29 is 18.9 Å². The van der Waals surface area contributed by atoms with Gasteiger partial charge in [-0.15, -0.1) is 0 Å². The molecule has 1 N–H and O–H groups in total. The number of aromatic amines is 1. The Hall–Kier alpha value is -2.70. The van der Waals surface area contributed by atoms with E-state index in [0.29, 0.717) is 6.42 Å². The minimum Gasteiger partial charge on any atom is -0.460 e. The van der Waals surface area contributed by atoms with Crippen molar-refractivity contribution in [3.63, 3.8) is 0 Å². The molecular weight excluding hydrogens is 380 g/mol. The number of ether oxygens (including phenoxy) is 1. The zero-order valence-corrected chi connectivity index (χ0v) is 18.7. The molecule has 7 nitrogen and oxygen atoms in total. The molecule has 2 aromatic rings. The van der Waals surface area contributed by atoms with Crippen molar-refractivity contribution in [3.05, 3.63) is 36.9 Å². The van der Waals surface area contributed by atoms with E-state index in [1.54, 1.807) is 11.9 Å². The Kier molecular flexibility index (Phi) is 9.02. The van der Waals surface area contributed by atoms with E-state index in [-0.39, 0.29) is 24.4 Å². The summed E-state index contributed by atoms with van der Waals surface area (Å²) in [6, 6.07) is 1.46. The number of rotatable bonds is 12. The molecule has 0 aliphatic rings. The van der Waals surface area contributed by atoms with Gasteiger partial charge >= 0.3 is 5.97 Å². The number of fused-ring (bicyclic) bond motifs is 1. The lowest BCUT2D eigenvalue weighted by Crippen LogP contribution is -2.47. The van der Waals surface area contributed by atoms with Crippen molar-refractivity contribution in [2.24, 2.45) is 5.92 Å². The number of carbonyl (C=O) groups excluding carboxylic acids is 2. The zero-order valence-electron chi connectivity index (χ0n) is 18.7. The van der Waals surface area contributed by atoms with Gasteiger partial charge in [-0.3, -0.25) is 4.79 Å². The maximum Gasteiger partial charge on any atom is 0.329 e. The average molecular weight is 416 g/mol. The van der Waals surface area contributed by atoms with Crippen molar-refractivity contribution in [2.45, 2.75) is 65.5 Å². The van der Waals surface area contributed by atoms with Crippen molar-refractivity contribution >= 4 is 22.9 Å². The number of hydrogen-bond donors (Lipinski definition) is 1. The van der Waals surface area contributed by atoms with Crippen LogP contribution in [0.2, 0.25) is 0 Å². The van der Waals surface area contributed by atoms with Crippen molar-refractivity contribution in [2.75, 3.05) is 13.7 Å². The van der Waals surface area contributed by atoms with Crippen LogP contribution in [0.25, 0.3) is 11.0 Å². The summed E-state index contributed by atoms with van der Waals surface area (Å²) >= 11 is 0. The fourth-order valence-corrected chi connectivity index (χ4v) is 3.57. The number of imidazole rings is 1. The highest BCUT2D eigenvalue weighted by Crippen LogP contribution is 2.17. The second kappa shape index (κ2) is 11.5. The summed E-state index contributed by atoms with van der Waals surface area (Å²) < 4.78 is 7.35. The first-order chi connectivity index (χ1) is 14.4. The largest absolute Gasteiger partial charge is 0.460 e. The highest BCUT2D eigenvalue weighted by Gasteiger charge is 2.32. The lowest BCUT2D eigenvalue weighted by Gasteiger charge is -2.30. The van der Waals surface area contributed by atoms with E-state index in [1.807, 2.05) is 33.0 Å². The number of esters is 1. The molecule has 0 saturated carbocycles. The molecule has 0 fully saturated rings. The van der Waals surface area contributed by atoms with Gasteiger partial charge in [0.25, 0.3) is 0 Å². The van der Waals surface area contributed by atoms with E-state index >= 15 is 0 Å². The summed E-state index contributed by atoms with van der Waals surface area (Å²) in [5, 5.41) is 0. The smallest absolute Gasteiger partial charge is 0.329 e. The number of pyridine rings is 1. The molecule has 0 unspecified atom stereocenters. The van der Waals surface area contributed by atoms with Gasteiger partial charge in [-0.25, -0.2) is 14.3 Å². The predicted octanol–water partition coefficient (Wildman–Crippen LogP) is 3.32. The molecule has 7 heteroatoms. The quantitative estimate of drug-likeness (QED) is 0.250. The Morgan fingerprint density at radius 3 is 2.83 bits per heavy atom. The Morgan fingerprint density at radius 1 is 1.37 bits per heavy atom. The number of aromatic nitrogens is 3. The molecule has 1 amide bonds. The van der Waals surface area contributed by atoms with Gasteiger partial charge in [-0.05, 0) is 25.7 Å². The first-order valence-electron chi connectivity index (χ1n) is 10.8. The van der Waals surface area contributed by atoms with Crippen molar-refractivity contribution in [1.82, 2.24) is 14.9 Å². The molecular formula is C23H35N4O3+. The number of unbranched alkanes of at least 4 members (excludes halogenated alkanes) is 2. The van der Waals surface area contributed by atoms with Gasteiger partial charge in [0.05, 0.1) is 0 Å². The number of amides is 1. The molecule has 2 rings (SSSR count). The molecule has 0 radical (unpaired) electrons. The Morgan fingerprint density at radius 2 is 2.13 bits per heavy atom. The molecule has 0 saturated heterocycles. The number of likely N-dealkylation sites (N-methyl/N-ethyl adjacent to an activating group) is 1. The van der Waals surface area contributed by atoms with Crippen LogP contribution in [-0.4, -0.2) is 46.4 Å². The number of nitrogens with one attached hydrogen (secondary N) is 1. The Balaban J connectivity index is 1.79. The summed E-state index contributed by atoms with van der Waals surface area (Å²) in [6.45, 7) is 10.5. The molecule has 164 valence electrons. The fourth-order valence-electron chi connectivity index (χ4n) is 3.57. The highest BCUT2D eigenvalue weighted by atomic mass is 16.5. The Bertz CT molecular complexity index is 861. The minimum absolute atomic E-state index is 0.0159. The third-order valence-corrected chi connectivity index (χ3v) is 5.48. The van der Waals surface area contributed by atoms with E-state index < -0.39 is 6.04 Å². The molecule has 0 aliphatic carbocycles. The topological polar surface area (TPSA) is 79.2 Å². The van der Waals surface area contributed by atoms with Crippen LogP contribution in [0.15, 0.2) is 31.1 Å². The van der Waals surface area contributed by atoms with Gasteiger partial charge in [-0.2, -0.15) is 0 Å². The maximum atomic E-state index is 12.6. The SMILES string of the molecule is C=CCOC(=O)[C@H]([C@@H](C)CC)N(C)C(=O)CCCCC[n+]1ccc2nc(C)[nH]c2c1. The second-order valence-corrected chi connectivity index (χ2v) is 7.87. The average Bonchev–Trinajstić information content (AvgIpc) is 3.10. The van der Waals surface area contributed by atoms with Crippen LogP contribution in [0.4, 0.5) is 0 Å². The lowest BCUT2D eigenvalue weighted by atomic mass is 9.97. The van der Waals surface area contributed by atoms with Crippen LogP contribution in [0.1, 0.15) is 51.8 Å². The van der Waals surface area contributed by atoms with E-state index in [9.17, 15) is 9.59 Å². The molecule has 0 aromatic carbocycles. The number of carbonyl (C=O) groups is 2. The highest BCUT2D eigenvalue weighted by molar-refractivity contribution is 5.84. The second-order valence-electron chi connectivity index (χ2n) is 7.87.